The van der Waals surface area contributed by atoms with Gasteiger partial charge in [0, 0.05) is 6.04 Å². The third-order valence-corrected chi connectivity index (χ3v) is 5.20. The quantitative estimate of drug-likeness (QED) is 0.853. The lowest BCUT2D eigenvalue weighted by Gasteiger charge is -2.23. The minimum absolute atomic E-state index is 0.514. The van der Waals surface area contributed by atoms with Gasteiger partial charge >= 0.3 is 0 Å². The molecular formula is C11H13N3S3. The molecule has 0 unspecified atom stereocenters. The molecule has 1 N–H and O–H groups in total. The molecule has 3 nitrogen and oxygen atoms in total. The van der Waals surface area contributed by atoms with E-state index in [1.54, 1.807) is 11.3 Å². The number of thioether (sulfide) groups is 1. The van der Waals surface area contributed by atoms with E-state index in [1.807, 2.05) is 11.8 Å². The van der Waals surface area contributed by atoms with Gasteiger partial charge in [-0.15, -0.1) is 11.3 Å². The largest absolute Gasteiger partial charge is 0.296 e. The van der Waals surface area contributed by atoms with Crippen molar-refractivity contribution < 1.29 is 0 Å². The maximum absolute atomic E-state index is 5.37. The first-order valence-electron chi connectivity index (χ1n) is 5.65. The molecule has 0 bridgehead atoms. The molecule has 0 aromatic carbocycles. The number of thiophene rings is 1. The van der Waals surface area contributed by atoms with Gasteiger partial charge in [-0.3, -0.25) is 9.67 Å². The molecule has 0 amide bonds. The normalized spacial score (nSPS) is 17.4. The Kier molecular flexibility index (Phi) is 3.35. The van der Waals surface area contributed by atoms with Gasteiger partial charge in [-0.05, 0) is 48.0 Å². The number of nitrogens with zero attached hydrogens (tertiary/aromatic N) is 2. The summed E-state index contributed by atoms with van der Waals surface area (Å²) >= 11 is 9.11. The lowest BCUT2D eigenvalue weighted by Crippen LogP contribution is -2.16. The van der Waals surface area contributed by atoms with Crippen LogP contribution < -0.4 is 0 Å². The maximum Gasteiger partial charge on any atom is 0.195 e. The van der Waals surface area contributed by atoms with Gasteiger partial charge in [0.15, 0.2) is 10.6 Å². The molecule has 90 valence electrons. The standard InChI is InChI=1S/C11H13N3S3/c15-11-13-12-10(9-2-1-5-17-9)14(11)8-3-6-16-7-4-8/h1-2,5,8H,3-4,6-7H2,(H,13,15). The summed E-state index contributed by atoms with van der Waals surface area (Å²) in [7, 11) is 0. The van der Waals surface area contributed by atoms with Crippen LogP contribution in [-0.2, 0) is 0 Å². The van der Waals surface area contributed by atoms with Crippen molar-refractivity contribution in [3.8, 4) is 10.7 Å². The van der Waals surface area contributed by atoms with Crippen molar-refractivity contribution in [2.45, 2.75) is 18.9 Å². The van der Waals surface area contributed by atoms with Crippen molar-refractivity contribution in [3.63, 3.8) is 0 Å². The van der Waals surface area contributed by atoms with Crippen LogP contribution in [0.15, 0.2) is 17.5 Å². The number of aromatic nitrogens is 3. The fourth-order valence-corrected chi connectivity index (χ4v) is 4.24. The number of hydrogen-bond donors (Lipinski definition) is 1. The molecule has 3 heterocycles. The Morgan fingerprint density at radius 3 is 2.94 bits per heavy atom. The lowest BCUT2D eigenvalue weighted by atomic mass is 10.1. The monoisotopic (exact) mass is 283 g/mol. The first-order valence-corrected chi connectivity index (χ1v) is 8.09. The van der Waals surface area contributed by atoms with Crippen LogP contribution in [-0.4, -0.2) is 26.3 Å². The van der Waals surface area contributed by atoms with Crippen molar-refractivity contribution in [3.05, 3.63) is 22.3 Å². The smallest absolute Gasteiger partial charge is 0.195 e. The molecular weight excluding hydrogens is 270 g/mol. The highest BCUT2D eigenvalue weighted by atomic mass is 32.2. The highest BCUT2D eigenvalue weighted by molar-refractivity contribution is 7.99. The van der Waals surface area contributed by atoms with E-state index in [9.17, 15) is 0 Å². The van der Waals surface area contributed by atoms with Crippen molar-refractivity contribution >= 4 is 35.3 Å². The summed E-state index contributed by atoms with van der Waals surface area (Å²) < 4.78 is 2.96. The molecule has 17 heavy (non-hydrogen) atoms. The summed E-state index contributed by atoms with van der Waals surface area (Å²) in [6.07, 6.45) is 2.38. The van der Waals surface area contributed by atoms with Crippen LogP contribution in [0.2, 0.25) is 0 Å². The van der Waals surface area contributed by atoms with E-state index in [2.05, 4.69) is 32.3 Å². The number of nitrogens with one attached hydrogen (secondary N) is 1. The Morgan fingerprint density at radius 2 is 2.24 bits per heavy atom. The van der Waals surface area contributed by atoms with Gasteiger partial charge in [0.25, 0.3) is 0 Å². The van der Waals surface area contributed by atoms with Crippen LogP contribution in [0, 0.1) is 4.77 Å². The van der Waals surface area contributed by atoms with Gasteiger partial charge in [0.05, 0.1) is 4.88 Å². The van der Waals surface area contributed by atoms with Crippen LogP contribution in [0.5, 0.6) is 0 Å². The van der Waals surface area contributed by atoms with Gasteiger partial charge in [-0.1, -0.05) is 6.07 Å². The molecule has 0 aliphatic carbocycles. The van der Waals surface area contributed by atoms with Crippen LogP contribution in [0.4, 0.5) is 0 Å². The molecule has 0 radical (unpaired) electrons. The van der Waals surface area contributed by atoms with E-state index in [0.717, 1.165) is 10.6 Å². The molecule has 0 saturated carbocycles. The third kappa shape index (κ3) is 2.21. The van der Waals surface area contributed by atoms with Crippen molar-refractivity contribution in [1.29, 1.82) is 0 Å². The summed E-state index contributed by atoms with van der Waals surface area (Å²) in [5.74, 6) is 3.45. The van der Waals surface area contributed by atoms with E-state index in [0.29, 0.717) is 6.04 Å². The maximum atomic E-state index is 5.37. The molecule has 1 aliphatic heterocycles. The molecule has 2 aromatic rings. The first-order chi connectivity index (χ1) is 8.36. The van der Waals surface area contributed by atoms with Gasteiger partial charge in [0.1, 0.15) is 0 Å². The number of aromatic amines is 1. The topological polar surface area (TPSA) is 33.6 Å². The lowest BCUT2D eigenvalue weighted by molar-refractivity contribution is 0.468. The zero-order valence-corrected chi connectivity index (χ0v) is 11.7. The molecule has 2 aromatic heterocycles. The van der Waals surface area contributed by atoms with Crippen LogP contribution >= 0.6 is 35.3 Å². The predicted octanol–water partition coefficient (Wildman–Crippen LogP) is 3.74. The summed E-state index contributed by atoms with van der Waals surface area (Å²) in [6, 6.07) is 4.67. The average molecular weight is 283 g/mol. The minimum atomic E-state index is 0.514. The van der Waals surface area contributed by atoms with E-state index in [-0.39, 0.29) is 0 Å². The summed E-state index contributed by atoms with van der Waals surface area (Å²) in [6.45, 7) is 0. The molecule has 1 fully saturated rings. The minimum Gasteiger partial charge on any atom is -0.296 e. The first kappa shape index (κ1) is 11.5. The van der Waals surface area contributed by atoms with Gasteiger partial charge in [-0.2, -0.15) is 16.9 Å². The zero-order valence-electron chi connectivity index (χ0n) is 9.26. The second-order valence-electron chi connectivity index (χ2n) is 4.04. The van der Waals surface area contributed by atoms with E-state index >= 15 is 0 Å². The highest BCUT2D eigenvalue weighted by Crippen LogP contribution is 2.32. The fourth-order valence-electron chi connectivity index (χ4n) is 2.17. The van der Waals surface area contributed by atoms with Crippen molar-refractivity contribution in [2.75, 3.05) is 11.5 Å². The van der Waals surface area contributed by atoms with Crippen LogP contribution in [0.3, 0.4) is 0 Å². The summed E-state index contributed by atoms with van der Waals surface area (Å²) in [4.78, 5) is 1.19. The second kappa shape index (κ2) is 4.96. The SMILES string of the molecule is S=c1[nH]nc(-c2cccs2)n1C1CCSCC1. The number of rotatable bonds is 2. The fraction of sp³-hybridized carbons (Fsp3) is 0.455. The zero-order chi connectivity index (χ0) is 11.7. The van der Waals surface area contributed by atoms with E-state index in [1.165, 1.54) is 29.2 Å². The van der Waals surface area contributed by atoms with Gasteiger partial charge in [0.2, 0.25) is 0 Å². The van der Waals surface area contributed by atoms with Crippen molar-refractivity contribution in [2.24, 2.45) is 0 Å². The van der Waals surface area contributed by atoms with Crippen LogP contribution in [0.1, 0.15) is 18.9 Å². The van der Waals surface area contributed by atoms with Crippen LogP contribution in [0.25, 0.3) is 10.7 Å². The Morgan fingerprint density at radius 1 is 1.41 bits per heavy atom. The second-order valence-corrected chi connectivity index (χ2v) is 6.60. The van der Waals surface area contributed by atoms with E-state index < -0.39 is 0 Å². The Labute approximate surface area is 113 Å². The van der Waals surface area contributed by atoms with E-state index in [4.69, 9.17) is 12.2 Å². The molecule has 1 aliphatic rings. The Hall–Kier alpha value is -0.590. The predicted molar refractivity (Wildman–Crippen MR) is 76.3 cm³/mol. The third-order valence-electron chi connectivity index (χ3n) is 3.00. The van der Waals surface area contributed by atoms with Crippen molar-refractivity contribution in [1.82, 2.24) is 14.8 Å². The Bertz CT molecular complexity index is 535. The number of hydrogen-bond acceptors (Lipinski definition) is 4. The molecule has 0 spiro atoms. The molecule has 3 rings (SSSR count). The molecule has 6 heteroatoms. The summed E-state index contributed by atoms with van der Waals surface area (Å²) in [5, 5.41) is 9.40. The van der Waals surface area contributed by atoms with Gasteiger partial charge < -0.3 is 0 Å². The number of H-pyrrole nitrogens is 1. The summed E-state index contributed by atoms with van der Waals surface area (Å²) in [5.41, 5.74) is 0. The van der Waals surface area contributed by atoms with Gasteiger partial charge in [-0.25, -0.2) is 0 Å². The average Bonchev–Trinajstić information content (AvgIpc) is 2.98. The highest BCUT2D eigenvalue weighted by Gasteiger charge is 2.20. The molecule has 0 atom stereocenters. The Balaban J connectivity index is 2.03. The molecule has 1 saturated heterocycles.